The van der Waals surface area contributed by atoms with Gasteiger partial charge in [0.15, 0.2) is 5.43 Å². The van der Waals surface area contributed by atoms with Crippen molar-refractivity contribution in [2.75, 3.05) is 7.11 Å². The molecule has 0 aliphatic rings. The van der Waals surface area contributed by atoms with Crippen LogP contribution in [0, 0.1) is 13.8 Å². The molecule has 5 heteroatoms. The van der Waals surface area contributed by atoms with Gasteiger partial charge in [0.2, 0.25) is 0 Å². The first kappa shape index (κ1) is 17.2. The minimum absolute atomic E-state index is 0.114. The van der Waals surface area contributed by atoms with Crippen LogP contribution >= 0.6 is 0 Å². The van der Waals surface area contributed by atoms with Gasteiger partial charge in [-0.15, -0.1) is 0 Å². The SMILES string of the molecule is C=C(/C=C(\C)c1oc(OC)c(C)c(=O)c1C)[C@@H](CC)OO. The van der Waals surface area contributed by atoms with Crippen molar-refractivity contribution in [3.63, 3.8) is 0 Å². The van der Waals surface area contributed by atoms with Crippen molar-refractivity contribution in [3.05, 3.63) is 45.3 Å². The lowest BCUT2D eigenvalue weighted by molar-refractivity contribution is -0.268. The van der Waals surface area contributed by atoms with E-state index in [2.05, 4.69) is 11.5 Å². The first-order valence-corrected chi connectivity index (χ1v) is 6.73. The van der Waals surface area contributed by atoms with Crippen LogP contribution in [0.2, 0.25) is 0 Å². The molecule has 0 aliphatic heterocycles. The Morgan fingerprint density at radius 2 is 2.05 bits per heavy atom. The third kappa shape index (κ3) is 3.62. The van der Waals surface area contributed by atoms with Gasteiger partial charge in [-0.3, -0.25) is 10.1 Å². The smallest absolute Gasteiger partial charge is 0.291 e. The van der Waals surface area contributed by atoms with Crippen molar-refractivity contribution in [3.8, 4) is 5.95 Å². The van der Waals surface area contributed by atoms with Crippen molar-refractivity contribution < 1.29 is 19.3 Å². The van der Waals surface area contributed by atoms with Gasteiger partial charge in [-0.2, -0.15) is 0 Å². The molecule has 0 bridgehead atoms. The molecule has 1 heterocycles. The second kappa shape index (κ2) is 7.24. The Bertz CT molecular complexity index is 606. The molecule has 0 amide bonds. The summed E-state index contributed by atoms with van der Waals surface area (Å²) in [6, 6.07) is 0. The van der Waals surface area contributed by atoms with Gasteiger partial charge in [0, 0.05) is 5.56 Å². The molecular weight excluding hydrogens is 272 g/mol. The topological polar surface area (TPSA) is 68.9 Å². The summed E-state index contributed by atoms with van der Waals surface area (Å²) in [6.45, 7) is 10.9. The highest BCUT2D eigenvalue weighted by Crippen LogP contribution is 2.25. The third-order valence-electron chi connectivity index (χ3n) is 3.38. The number of allylic oxidation sites excluding steroid dienone is 1. The van der Waals surface area contributed by atoms with Gasteiger partial charge in [-0.25, -0.2) is 4.89 Å². The molecule has 5 nitrogen and oxygen atoms in total. The maximum absolute atomic E-state index is 12.2. The van der Waals surface area contributed by atoms with E-state index in [1.165, 1.54) is 7.11 Å². The lowest BCUT2D eigenvalue weighted by Gasteiger charge is -2.13. The van der Waals surface area contributed by atoms with E-state index in [4.69, 9.17) is 14.4 Å². The molecule has 116 valence electrons. The molecule has 1 N–H and O–H groups in total. The largest absolute Gasteiger partial charge is 0.468 e. The van der Waals surface area contributed by atoms with Gasteiger partial charge < -0.3 is 9.15 Å². The van der Waals surface area contributed by atoms with Crippen molar-refractivity contribution in [2.24, 2.45) is 0 Å². The van der Waals surface area contributed by atoms with Crippen molar-refractivity contribution >= 4 is 5.57 Å². The van der Waals surface area contributed by atoms with E-state index >= 15 is 0 Å². The van der Waals surface area contributed by atoms with Crippen molar-refractivity contribution in [1.82, 2.24) is 0 Å². The molecule has 0 unspecified atom stereocenters. The minimum Gasteiger partial charge on any atom is -0.468 e. The summed E-state index contributed by atoms with van der Waals surface area (Å²) in [6.07, 6.45) is 1.82. The highest BCUT2D eigenvalue weighted by Gasteiger charge is 2.16. The molecule has 0 aliphatic carbocycles. The van der Waals surface area contributed by atoms with Crippen molar-refractivity contribution in [2.45, 2.75) is 40.2 Å². The summed E-state index contributed by atoms with van der Waals surface area (Å²) in [7, 11) is 1.45. The summed E-state index contributed by atoms with van der Waals surface area (Å²) in [5.74, 6) is 0.640. The van der Waals surface area contributed by atoms with Crippen LogP contribution in [0.3, 0.4) is 0 Å². The first-order chi connectivity index (χ1) is 9.87. The monoisotopic (exact) mass is 294 g/mol. The summed E-state index contributed by atoms with van der Waals surface area (Å²) in [5.41, 5.74) is 2.14. The second-order valence-electron chi connectivity index (χ2n) is 4.91. The van der Waals surface area contributed by atoms with E-state index < -0.39 is 6.10 Å². The Hall–Kier alpha value is -1.85. The van der Waals surface area contributed by atoms with Crippen LogP contribution in [0.15, 0.2) is 27.4 Å². The number of hydrogen-bond acceptors (Lipinski definition) is 5. The molecule has 0 radical (unpaired) electrons. The van der Waals surface area contributed by atoms with Crippen molar-refractivity contribution in [1.29, 1.82) is 0 Å². The average molecular weight is 294 g/mol. The fourth-order valence-electron chi connectivity index (χ4n) is 2.13. The van der Waals surface area contributed by atoms with Gasteiger partial charge >= 0.3 is 0 Å². The zero-order valence-corrected chi connectivity index (χ0v) is 13.1. The van der Waals surface area contributed by atoms with Crippen LogP contribution in [-0.4, -0.2) is 18.5 Å². The minimum atomic E-state index is -0.487. The lowest BCUT2D eigenvalue weighted by Crippen LogP contribution is -2.13. The summed E-state index contributed by atoms with van der Waals surface area (Å²) in [5, 5.41) is 8.81. The predicted molar refractivity (Wildman–Crippen MR) is 81.6 cm³/mol. The lowest BCUT2D eigenvalue weighted by atomic mass is 10.0. The molecule has 1 atom stereocenters. The third-order valence-corrected chi connectivity index (χ3v) is 3.38. The Kier molecular flexibility index (Phi) is 5.93. The van der Waals surface area contributed by atoms with E-state index in [-0.39, 0.29) is 11.4 Å². The molecule has 21 heavy (non-hydrogen) atoms. The highest BCUT2D eigenvalue weighted by atomic mass is 17.1. The van der Waals surface area contributed by atoms with Crippen LogP contribution in [0.4, 0.5) is 0 Å². The van der Waals surface area contributed by atoms with Gasteiger partial charge in [-0.05, 0) is 38.3 Å². The maximum atomic E-state index is 12.2. The molecule has 1 aromatic heterocycles. The molecule has 0 saturated heterocycles. The van der Waals surface area contributed by atoms with Crippen LogP contribution in [-0.2, 0) is 4.89 Å². The molecule has 1 aromatic rings. The molecule has 1 rings (SSSR count). The average Bonchev–Trinajstić information content (AvgIpc) is 2.46. The summed E-state index contributed by atoms with van der Waals surface area (Å²) < 4.78 is 10.7. The number of methoxy groups -OCH3 is 1. The second-order valence-corrected chi connectivity index (χ2v) is 4.91. The Labute approximate surface area is 124 Å². The predicted octanol–water partition coefficient (Wildman–Crippen LogP) is 3.49. The fourth-order valence-corrected chi connectivity index (χ4v) is 2.13. The molecule has 0 fully saturated rings. The van der Waals surface area contributed by atoms with Crippen LogP contribution in [0.5, 0.6) is 5.95 Å². The maximum Gasteiger partial charge on any atom is 0.291 e. The zero-order valence-electron chi connectivity index (χ0n) is 13.1. The van der Waals surface area contributed by atoms with Gasteiger partial charge in [0.25, 0.3) is 5.95 Å². The van der Waals surface area contributed by atoms with Gasteiger partial charge in [-0.1, -0.05) is 19.6 Å². The molecule has 0 spiro atoms. The Morgan fingerprint density at radius 3 is 2.52 bits per heavy atom. The normalized spacial score (nSPS) is 13.1. The molecule has 0 aromatic carbocycles. The zero-order chi connectivity index (χ0) is 16.2. The summed E-state index contributed by atoms with van der Waals surface area (Å²) in [4.78, 5) is 16.5. The van der Waals surface area contributed by atoms with E-state index in [0.29, 0.717) is 34.5 Å². The van der Waals surface area contributed by atoms with E-state index in [1.54, 1.807) is 26.8 Å². The van der Waals surface area contributed by atoms with E-state index in [9.17, 15) is 4.79 Å². The number of hydrogen-bond donors (Lipinski definition) is 1. The summed E-state index contributed by atoms with van der Waals surface area (Å²) >= 11 is 0. The van der Waals surface area contributed by atoms with Crippen LogP contribution < -0.4 is 10.2 Å². The van der Waals surface area contributed by atoms with Gasteiger partial charge in [0.1, 0.15) is 11.9 Å². The molecular formula is C16H22O5. The number of ether oxygens (including phenoxy) is 1. The first-order valence-electron chi connectivity index (χ1n) is 6.73. The quantitative estimate of drug-likeness (QED) is 0.494. The van der Waals surface area contributed by atoms with E-state index in [1.807, 2.05) is 6.92 Å². The Balaban J connectivity index is 3.31. The standard InChI is InChI=1S/C16H22O5/c1-7-13(21-18)9(2)8-10(3)15-11(4)14(17)12(5)16(19-6)20-15/h8,13,18H,2,7H2,1,3-6H3/b10-8+/t13-/m1/s1. The number of rotatable bonds is 6. The molecule has 0 saturated carbocycles. The van der Waals surface area contributed by atoms with Crippen LogP contribution in [0.25, 0.3) is 5.57 Å². The van der Waals surface area contributed by atoms with Crippen LogP contribution in [0.1, 0.15) is 37.2 Å². The van der Waals surface area contributed by atoms with Gasteiger partial charge in [0.05, 0.1) is 12.7 Å². The van der Waals surface area contributed by atoms with E-state index in [0.717, 1.165) is 0 Å². The fraction of sp³-hybridized carbons (Fsp3) is 0.438. The highest BCUT2D eigenvalue weighted by molar-refractivity contribution is 5.65. The Morgan fingerprint density at radius 1 is 1.43 bits per heavy atom.